The maximum absolute atomic E-state index is 11.7. The van der Waals surface area contributed by atoms with Crippen LogP contribution < -0.4 is 0 Å². The number of Topliss-reactive ketones (excluding diaryl/α,β-unsaturated/α-hetero) is 1. The quantitative estimate of drug-likeness (QED) is 0.304. The number of ketones is 1. The number of fused-ring (bicyclic) bond motifs is 1. The molecule has 0 unspecified atom stereocenters. The maximum Gasteiger partial charge on any atom is 0.192 e. The highest BCUT2D eigenvalue weighted by atomic mass is 35.5. The Morgan fingerprint density at radius 2 is 1.82 bits per heavy atom. The molecule has 1 atom stereocenters. The summed E-state index contributed by atoms with van der Waals surface area (Å²) in [5.74, 6) is 0.192. The van der Waals surface area contributed by atoms with Gasteiger partial charge < -0.3 is 9.22 Å². The molecule has 1 aromatic heterocycles. The molecule has 33 heavy (non-hydrogen) atoms. The highest BCUT2D eigenvalue weighted by Crippen LogP contribution is 2.41. The van der Waals surface area contributed by atoms with Crippen LogP contribution in [0.3, 0.4) is 0 Å². The lowest BCUT2D eigenvalue weighted by Crippen LogP contribution is -2.41. The van der Waals surface area contributed by atoms with E-state index in [2.05, 4.69) is 70.3 Å². The Bertz CT molecular complexity index is 1160. The van der Waals surface area contributed by atoms with Crippen LogP contribution in [0.5, 0.6) is 0 Å². The number of benzene rings is 2. The summed E-state index contributed by atoms with van der Waals surface area (Å²) in [6.45, 7) is 12.9. The van der Waals surface area contributed by atoms with Gasteiger partial charge in [-0.1, -0.05) is 68.8 Å². The van der Waals surface area contributed by atoms with E-state index in [9.17, 15) is 4.79 Å². The molecule has 174 valence electrons. The summed E-state index contributed by atoms with van der Waals surface area (Å²) >= 11 is 6.12. The van der Waals surface area contributed by atoms with Gasteiger partial charge in [0.25, 0.3) is 0 Å². The zero-order valence-electron chi connectivity index (χ0n) is 20.5. The van der Waals surface area contributed by atoms with Crippen LogP contribution in [-0.2, 0) is 9.22 Å². The Labute approximate surface area is 204 Å². The van der Waals surface area contributed by atoms with Crippen molar-refractivity contribution >= 4 is 48.8 Å². The van der Waals surface area contributed by atoms with E-state index >= 15 is 0 Å². The van der Waals surface area contributed by atoms with Gasteiger partial charge >= 0.3 is 0 Å². The van der Waals surface area contributed by atoms with Gasteiger partial charge in [0.05, 0.1) is 17.3 Å². The van der Waals surface area contributed by atoms with E-state index in [4.69, 9.17) is 21.0 Å². The summed E-state index contributed by atoms with van der Waals surface area (Å²) in [6.07, 6.45) is 5.20. The summed E-state index contributed by atoms with van der Waals surface area (Å²) in [4.78, 5) is 16.4. The van der Waals surface area contributed by atoms with Crippen molar-refractivity contribution in [3.63, 3.8) is 0 Å². The van der Waals surface area contributed by atoms with Gasteiger partial charge in [0.15, 0.2) is 8.32 Å². The number of carbonyl (C=O) groups is 1. The average Bonchev–Trinajstić information content (AvgIpc) is 2.74. The predicted octanol–water partition coefficient (Wildman–Crippen LogP) is 8.49. The number of aromatic nitrogens is 1. The van der Waals surface area contributed by atoms with Crippen LogP contribution in [-0.4, -0.2) is 19.1 Å². The van der Waals surface area contributed by atoms with Crippen molar-refractivity contribution in [1.82, 2.24) is 4.98 Å². The lowest BCUT2D eigenvalue weighted by atomic mass is 10.0. The molecule has 0 aliphatic carbocycles. The molecular formula is C28H34ClNO2Si. The fourth-order valence-corrected chi connectivity index (χ4v) is 4.89. The molecule has 0 spiro atoms. The smallest absolute Gasteiger partial charge is 0.192 e. The molecule has 2 aromatic carbocycles. The fourth-order valence-electron chi connectivity index (χ4n) is 3.40. The SMILES string of the molecule is CC(=O)CC[C@H](O[Si](C)(C)C(C)(C)C)c1cccc(C=Cc2ccc3ccc(Cl)cc3n2)c1. The highest BCUT2D eigenvalue weighted by Gasteiger charge is 2.39. The minimum absolute atomic E-state index is 0.0934. The van der Waals surface area contributed by atoms with Crippen molar-refractivity contribution < 1.29 is 9.22 Å². The van der Waals surface area contributed by atoms with Crippen molar-refractivity contribution in [3.8, 4) is 0 Å². The van der Waals surface area contributed by atoms with Crippen LogP contribution in [0, 0.1) is 0 Å². The van der Waals surface area contributed by atoms with Crippen LogP contribution >= 0.6 is 11.6 Å². The highest BCUT2D eigenvalue weighted by molar-refractivity contribution is 6.74. The molecule has 0 N–H and O–H groups in total. The minimum atomic E-state index is -1.99. The van der Waals surface area contributed by atoms with Crippen LogP contribution in [0.25, 0.3) is 23.1 Å². The van der Waals surface area contributed by atoms with E-state index < -0.39 is 8.32 Å². The Hall–Kier alpha value is -2.27. The number of hydrogen-bond acceptors (Lipinski definition) is 3. The number of nitrogens with zero attached hydrogens (tertiary/aromatic N) is 1. The second-order valence-electron chi connectivity index (χ2n) is 10.2. The number of carbonyl (C=O) groups excluding carboxylic acids is 1. The first-order valence-corrected chi connectivity index (χ1v) is 14.7. The Balaban J connectivity index is 1.86. The van der Waals surface area contributed by atoms with Gasteiger partial charge in [-0.05, 0) is 72.9 Å². The maximum atomic E-state index is 11.7. The third-order valence-corrected chi connectivity index (χ3v) is 11.1. The average molecular weight is 480 g/mol. The predicted molar refractivity (Wildman–Crippen MR) is 143 cm³/mol. The minimum Gasteiger partial charge on any atom is -0.410 e. The van der Waals surface area contributed by atoms with Gasteiger partial charge in [-0.3, -0.25) is 0 Å². The molecular weight excluding hydrogens is 446 g/mol. The van der Waals surface area contributed by atoms with Crippen LogP contribution in [0.1, 0.15) is 63.5 Å². The first-order chi connectivity index (χ1) is 15.4. The monoisotopic (exact) mass is 479 g/mol. The standard InChI is InChI=1S/C28H34ClNO2Si/c1-20(31)10-17-27(32-33(5,6)28(2,3)4)23-9-7-8-21(18-23)11-15-25-16-13-22-12-14-24(29)19-26(22)30-25/h7-9,11-16,18-19,27H,10,17H2,1-6H3/t27-/m0/s1. The lowest BCUT2D eigenvalue weighted by molar-refractivity contribution is -0.117. The number of halogens is 1. The Morgan fingerprint density at radius 3 is 2.52 bits per heavy atom. The molecule has 0 radical (unpaired) electrons. The number of pyridine rings is 1. The number of hydrogen-bond donors (Lipinski definition) is 0. The van der Waals surface area contributed by atoms with Gasteiger partial charge in [0, 0.05) is 16.8 Å². The van der Waals surface area contributed by atoms with E-state index in [-0.39, 0.29) is 16.9 Å². The molecule has 1 heterocycles. The number of rotatable bonds is 8. The van der Waals surface area contributed by atoms with E-state index in [1.807, 2.05) is 30.3 Å². The summed E-state index contributed by atoms with van der Waals surface area (Å²) < 4.78 is 6.75. The van der Waals surface area contributed by atoms with Gasteiger partial charge in [0.2, 0.25) is 0 Å². The first-order valence-electron chi connectivity index (χ1n) is 11.5. The topological polar surface area (TPSA) is 39.2 Å². The normalized spacial score (nSPS) is 13.5. The molecule has 0 fully saturated rings. The Kier molecular flexibility index (Phi) is 7.94. The zero-order chi connectivity index (χ0) is 24.2. The van der Waals surface area contributed by atoms with Gasteiger partial charge in [-0.2, -0.15) is 0 Å². The summed E-state index contributed by atoms with van der Waals surface area (Å²) in [7, 11) is -1.99. The molecule has 0 saturated heterocycles. The van der Waals surface area contributed by atoms with E-state index in [1.54, 1.807) is 6.92 Å². The van der Waals surface area contributed by atoms with Crippen molar-refractivity contribution in [3.05, 3.63) is 76.4 Å². The molecule has 0 bridgehead atoms. The first kappa shape index (κ1) is 25.4. The van der Waals surface area contributed by atoms with Crippen molar-refractivity contribution in [2.45, 2.75) is 64.8 Å². The van der Waals surface area contributed by atoms with E-state index in [1.165, 1.54) is 0 Å². The van der Waals surface area contributed by atoms with Crippen molar-refractivity contribution in [2.75, 3.05) is 0 Å². The molecule has 0 aliphatic heterocycles. The third-order valence-electron chi connectivity index (χ3n) is 6.41. The largest absolute Gasteiger partial charge is 0.410 e. The molecule has 3 aromatic rings. The molecule has 3 rings (SSSR count). The summed E-state index contributed by atoms with van der Waals surface area (Å²) in [5.41, 5.74) is 3.94. The van der Waals surface area contributed by atoms with Crippen LogP contribution in [0.15, 0.2) is 54.6 Å². The van der Waals surface area contributed by atoms with Gasteiger partial charge in [0.1, 0.15) is 5.78 Å². The third kappa shape index (κ3) is 6.86. The van der Waals surface area contributed by atoms with E-state index in [0.717, 1.165) is 27.7 Å². The Morgan fingerprint density at radius 1 is 1.09 bits per heavy atom. The van der Waals surface area contributed by atoms with Crippen molar-refractivity contribution in [1.29, 1.82) is 0 Å². The van der Waals surface area contributed by atoms with Crippen molar-refractivity contribution in [2.24, 2.45) is 0 Å². The summed E-state index contributed by atoms with van der Waals surface area (Å²) in [5, 5.41) is 1.85. The fraction of sp³-hybridized carbons (Fsp3) is 0.357. The summed E-state index contributed by atoms with van der Waals surface area (Å²) in [6, 6.07) is 18.2. The van der Waals surface area contributed by atoms with E-state index in [0.29, 0.717) is 17.9 Å². The second kappa shape index (κ2) is 10.3. The van der Waals surface area contributed by atoms with Crippen LogP contribution in [0.4, 0.5) is 0 Å². The molecule has 0 aliphatic rings. The molecule has 0 saturated carbocycles. The lowest BCUT2D eigenvalue weighted by Gasteiger charge is -2.39. The van der Waals surface area contributed by atoms with Gasteiger partial charge in [-0.25, -0.2) is 4.98 Å². The molecule has 0 amide bonds. The van der Waals surface area contributed by atoms with Crippen LogP contribution in [0.2, 0.25) is 23.2 Å². The molecule has 5 heteroatoms. The van der Waals surface area contributed by atoms with Gasteiger partial charge in [-0.15, -0.1) is 0 Å². The zero-order valence-corrected chi connectivity index (χ0v) is 22.2. The molecule has 3 nitrogen and oxygen atoms in total. The second-order valence-corrected chi connectivity index (χ2v) is 15.4.